The van der Waals surface area contributed by atoms with E-state index in [0.29, 0.717) is 11.3 Å². The molecule has 3 aliphatic rings. The average Bonchev–Trinajstić information content (AvgIpc) is 3.13. The van der Waals surface area contributed by atoms with Crippen LogP contribution >= 0.6 is 0 Å². The monoisotopic (exact) mass is 442 g/mol. The molecule has 0 aromatic heterocycles. The number of carbonyl (C=O) groups is 2. The van der Waals surface area contributed by atoms with E-state index in [-0.39, 0.29) is 55.1 Å². The third-order valence-corrected chi connectivity index (χ3v) is 7.10. The number of alkyl halides is 2. The first-order valence-electron chi connectivity index (χ1n) is 10.7. The van der Waals surface area contributed by atoms with E-state index in [2.05, 4.69) is 10.6 Å². The van der Waals surface area contributed by atoms with E-state index in [1.165, 1.54) is 13.1 Å². The standard InChI is InChI=1S/C24H24F2N2O4/c1-27-22(31)15-7-13(21(30)28-19-16-9-24(25,26)10-17(16)19)8-18-20(15)32-12-23(18,11-29)14-5-3-2-4-6-14/h2-8,16-17,19,29H,9-12H2,1H3,(H,27,31)(H,28,30)/t16-,17+,19?,23?. The van der Waals surface area contributed by atoms with Crippen molar-refractivity contribution in [2.45, 2.75) is 30.2 Å². The number of rotatable bonds is 5. The fourth-order valence-corrected chi connectivity index (χ4v) is 5.29. The quantitative estimate of drug-likeness (QED) is 0.664. The molecule has 2 fully saturated rings. The lowest BCUT2D eigenvalue weighted by molar-refractivity contribution is -0.00623. The average molecular weight is 442 g/mol. The molecule has 3 N–H and O–H groups in total. The van der Waals surface area contributed by atoms with Gasteiger partial charge in [0.25, 0.3) is 11.8 Å². The normalized spacial score (nSPS) is 28.9. The number of carbonyl (C=O) groups excluding carboxylic acids is 2. The van der Waals surface area contributed by atoms with Crippen molar-refractivity contribution in [3.05, 3.63) is 64.7 Å². The summed E-state index contributed by atoms with van der Waals surface area (Å²) in [4.78, 5) is 25.6. The molecule has 168 valence electrons. The van der Waals surface area contributed by atoms with Crippen LogP contribution in [0.1, 0.15) is 44.7 Å². The maximum Gasteiger partial charge on any atom is 0.254 e. The minimum Gasteiger partial charge on any atom is -0.491 e. The highest BCUT2D eigenvalue weighted by Crippen LogP contribution is 2.58. The Hall–Kier alpha value is -3.00. The van der Waals surface area contributed by atoms with E-state index in [0.717, 1.165) is 5.56 Å². The van der Waals surface area contributed by atoms with E-state index in [1.807, 2.05) is 30.3 Å². The highest BCUT2D eigenvalue weighted by molar-refractivity contribution is 6.02. The van der Waals surface area contributed by atoms with Crippen LogP contribution in [-0.2, 0) is 5.41 Å². The fourth-order valence-electron chi connectivity index (χ4n) is 5.29. The zero-order valence-corrected chi connectivity index (χ0v) is 17.5. The smallest absolute Gasteiger partial charge is 0.254 e. The summed E-state index contributed by atoms with van der Waals surface area (Å²) in [5, 5.41) is 15.8. The number of nitrogens with one attached hydrogen (secondary N) is 2. The van der Waals surface area contributed by atoms with Gasteiger partial charge in [-0.1, -0.05) is 30.3 Å². The molecule has 4 atom stereocenters. The Balaban J connectivity index is 1.51. The van der Waals surface area contributed by atoms with Crippen molar-refractivity contribution in [1.82, 2.24) is 10.6 Å². The molecule has 2 aliphatic carbocycles. The molecule has 32 heavy (non-hydrogen) atoms. The number of benzene rings is 2. The lowest BCUT2D eigenvalue weighted by Gasteiger charge is -2.26. The van der Waals surface area contributed by atoms with Gasteiger partial charge in [0, 0.05) is 37.1 Å². The van der Waals surface area contributed by atoms with Gasteiger partial charge in [-0.2, -0.15) is 0 Å². The maximum atomic E-state index is 13.5. The summed E-state index contributed by atoms with van der Waals surface area (Å²) < 4.78 is 32.9. The van der Waals surface area contributed by atoms with Crippen LogP contribution in [0.5, 0.6) is 5.75 Å². The van der Waals surface area contributed by atoms with E-state index < -0.39 is 23.2 Å². The van der Waals surface area contributed by atoms with Gasteiger partial charge in [-0.05, 0) is 29.5 Å². The Morgan fingerprint density at radius 3 is 2.44 bits per heavy atom. The third-order valence-electron chi connectivity index (χ3n) is 7.10. The number of hydrogen-bond acceptors (Lipinski definition) is 4. The summed E-state index contributed by atoms with van der Waals surface area (Å²) >= 11 is 0. The first-order chi connectivity index (χ1) is 15.3. The molecule has 1 aliphatic heterocycles. The summed E-state index contributed by atoms with van der Waals surface area (Å²) in [6.07, 6.45) is -0.405. The van der Waals surface area contributed by atoms with Gasteiger partial charge in [-0.15, -0.1) is 0 Å². The zero-order chi connectivity index (χ0) is 22.7. The van der Waals surface area contributed by atoms with E-state index in [9.17, 15) is 23.5 Å². The van der Waals surface area contributed by atoms with Gasteiger partial charge >= 0.3 is 0 Å². The second kappa shape index (κ2) is 7.27. The fraction of sp³-hybridized carbons (Fsp3) is 0.417. The lowest BCUT2D eigenvalue weighted by Crippen LogP contribution is -2.34. The van der Waals surface area contributed by atoms with Gasteiger partial charge < -0.3 is 20.5 Å². The van der Waals surface area contributed by atoms with Crippen molar-refractivity contribution in [2.24, 2.45) is 11.8 Å². The van der Waals surface area contributed by atoms with E-state index in [4.69, 9.17) is 4.74 Å². The number of amides is 2. The molecular formula is C24H24F2N2O4. The Kier molecular flexibility index (Phi) is 4.74. The number of halogens is 2. The van der Waals surface area contributed by atoms with Crippen LogP contribution in [0.3, 0.4) is 0 Å². The molecule has 1 heterocycles. The number of hydrogen-bond donors (Lipinski definition) is 3. The molecule has 2 unspecified atom stereocenters. The molecular weight excluding hydrogens is 418 g/mol. The summed E-state index contributed by atoms with van der Waals surface area (Å²) in [5.74, 6) is -3.56. The van der Waals surface area contributed by atoms with Crippen molar-refractivity contribution in [3.8, 4) is 5.75 Å². The summed E-state index contributed by atoms with van der Waals surface area (Å²) in [5.41, 5.74) is 0.872. The predicted octanol–water partition coefficient (Wildman–Crippen LogP) is 2.49. The molecule has 8 heteroatoms. The van der Waals surface area contributed by atoms with Crippen molar-refractivity contribution in [1.29, 1.82) is 0 Å². The number of aliphatic hydroxyl groups is 1. The van der Waals surface area contributed by atoms with Gasteiger partial charge in [-0.25, -0.2) is 8.78 Å². The Morgan fingerprint density at radius 1 is 1.12 bits per heavy atom. The van der Waals surface area contributed by atoms with Crippen LogP contribution in [0.15, 0.2) is 42.5 Å². The topological polar surface area (TPSA) is 87.7 Å². The molecule has 2 aromatic carbocycles. The van der Waals surface area contributed by atoms with Crippen molar-refractivity contribution in [3.63, 3.8) is 0 Å². The van der Waals surface area contributed by atoms with Gasteiger partial charge in [0.15, 0.2) is 0 Å². The van der Waals surface area contributed by atoms with Crippen molar-refractivity contribution in [2.75, 3.05) is 20.3 Å². The molecule has 2 amide bonds. The number of fused-ring (bicyclic) bond motifs is 2. The van der Waals surface area contributed by atoms with Gasteiger partial charge in [0.05, 0.1) is 17.6 Å². The summed E-state index contributed by atoms with van der Waals surface area (Å²) in [7, 11) is 1.48. The van der Waals surface area contributed by atoms with Gasteiger partial charge in [-0.3, -0.25) is 9.59 Å². The predicted molar refractivity (Wildman–Crippen MR) is 112 cm³/mol. The highest BCUT2D eigenvalue weighted by Gasteiger charge is 2.63. The van der Waals surface area contributed by atoms with Crippen molar-refractivity contribution >= 4 is 11.8 Å². The first-order valence-corrected chi connectivity index (χ1v) is 10.7. The van der Waals surface area contributed by atoms with E-state index in [1.54, 1.807) is 6.07 Å². The summed E-state index contributed by atoms with van der Waals surface area (Å²) in [6.45, 7) is -0.149. The van der Waals surface area contributed by atoms with Crippen LogP contribution in [0, 0.1) is 11.8 Å². The second-order valence-electron chi connectivity index (χ2n) is 8.97. The molecule has 0 bridgehead atoms. The molecule has 5 rings (SSSR count). The molecule has 6 nitrogen and oxygen atoms in total. The lowest BCUT2D eigenvalue weighted by atomic mass is 9.76. The highest BCUT2D eigenvalue weighted by atomic mass is 19.3. The Bertz CT molecular complexity index is 1080. The summed E-state index contributed by atoms with van der Waals surface area (Å²) in [6, 6.07) is 12.1. The van der Waals surface area contributed by atoms with Crippen LogP contribution in [0.2, 0.25) is 0 Å². The van der Waals surface area contributed by atoms with Crippen LogP contribution in [0.25, 0.3) is 0 Å². The number of ether oxygens (including phenoxy) is 1. The Morgan fingerprint density at radius 2 is 1.81 bits per heavy atom. The SMILES string of the molecule is CNC(=O)c1cc(C(=O)NC2[C@H]3CC(F)(F)C[C@@H]23)cc2c1OCC2(CO)c1ccccc1. The van der Waals surface area contributed by atoms with Crippen LogP contribution in [0.4, 0.5) is 8.78 Å². The third kappa shape index (κ3) is 3.16. The molecule has 0 saturated heterocycles. The first kappa shape index (κ1) is 20.9. The maximum absolute atomic E-state index is 13.5. The second-order valence-corrected chi connectivity index (χ2v) is 8.97. The van der Waals surface area contributed by atoms with Gasteiger partial charge in [0.2, 0.25) is 5.92 Å². The minimum absolute atomic E-state index is 0.125. The molecule has 2 aromatic rings. The van der Waals surface area contributed by atoms with Crippen LogP contribution < -0.4 is 15.4 Å². The largest absolute Gasteiger partial charge is 0.491 e. The van der Waals surface area contributed by atoms with Crippen LogP contribution in [-0.4, -0.2) is 49.1 Å². The Labute approximate surface area is 184 Å². The minimum atomic E-state index is -2.65. The number of aliphatic hydroxyl groups excluding tert-OH is 1. The molecule has 0 spiro atoms. The molecule has 0 radical (unpaired) electrons. The van der Waals surface area contributed by atoms with Gasteiger partial charge in [0.1, 0.15) is 12.4 Å². The molecule has 2 saturated carbocycles. The van der Waals surface area contributed by atoms with Crippen molar-refractivity contribution < 1.29 is 28.2 Å². The van der Waals surface area contributed by atoms with E-state index >= 15 is 0 Å². The zero-order valence-electron chi connectivity index (χ0n) is 17.5.